The molecule has 1 fully saturated rings. The van der Waals surface area contributed by atoms with Crippen LogP contribution in [0.3, 0.4) is 0 Å². The highest BCUT2D eigenvalue weighted by atomic mass is 35.5. The molecule has 0 bridgehead atoms. The minimum absolute atomic E-state index is 0.0951. The summed E-state index contributed by atoms with van der Waals surface area (Å²) in [6, 6.07) is 30.0. The molecule has 6 rings (SSSR count). The Labute approximate surface area is 243 Å². The lowest BCUT2D eigenvalue weighted by Gasteiger charge is -2.29. The third kappa shape index (κ3) is 6.29. The van der Waals surface area contributed by atoms with Crippen molar-refractivity contribution in [3.05, 3.63) is 131 Å². The van der Waals surface area contributed by atoms with Crippen LogP contribution in [0.5, 0.6) is 11.5 Å². The van der Waals surface area contributed by atoms with E-state index < -0.39 is 0 Å². The minimum Gasteiger partial charge on any atom is -0.457 e. The summed E-state index contributed by atoms with van der Waals surface area (Å²) in [4.78, 5) is 15.5. The molecule has 0 radical (unpaired) electrons. The maximum absolute atomic E-state index is 13.6. The molecule has 0 saturated carbocycles. The number of ether oxygens (including phenoxy) is 2. The number of hydrogen-bond acceptors (Lipinski definition) is 3. The van der Waals surface area contributed by atoms with Crippen molar-refractivity contribution < 1.29 is 18.7 Å². The lowest BCUT2D eigenvalue weighted by Crippen LogP contribution is -2.41. The number of para-hydroxylation sites is 1. The molecule has 0 aliphatic carbocycles. The second-order valence-corrected chi connectivity index (χ2v) is 10.7. The van der Waals surface area contributed by atoms with Crippen molar-refractivity contribution in [1.29, 1.82) is 0 Å². The van der Waals surface area contributed by atoms with Gasteiger partial charge in [0.2, 0.25) is 5.91 Å². The Morgan fingerprint density at radius 2 is 1.66 bits per heavy atom. The number of benzene rings is 4. The van der Waals surface area contributed by atoms with E-state index >= 15 is 0 Å². The predicted molar refractivity (Wildman–Crippen MR) is 159 cm³/mol. The van der Waals surface area contributed by atoms with E-state index in [2.05, 4.69) is 29.0 Å². The smallest absolute Gasteiger partial charge is 0.223 e. The van der Waals surface area contributed by atoms with Gasteiger partial charge in [0, 0.05) is 54.1 Å². The predicted octanol–water partition coefficient (Wildman–Crippen LogP) is 7.66. The van der Waals surface area contributed by atoms with Gasteiger partial charge < -0.3 is 18.9 Å². The van der Waals surface area contributed by atoms with Crippen LogP contribution in [0.2, 0.25) is 5.02 Å². The van der Waals surface area contributed by atoms with Crippen LogP contribution < -0.4 is 4.74 Å². The van der Waals surface area contributed by atoms with Gasteiger partial charge in [0.25, 0.3) is 0 Å². The Hall–Kier alpha value is -4.13. The van der Waals surface area contributed by atoms with Gasteiger partial charge >= 0.3 is 0 Å². The number of amides is 1. The van der Waals surface area contributed by atoms with Crippen LogP contribution in [0.15, 0.2) is 103 Å². The molecule has 0 unspecified atom stereocenters. The Morgan fingerprint density at radius 1 is 0.902 bits per heavy atom. The van der Waals surface area contributed by atoms with Crippen molar-refractivity contribution in [2.75, 3.05) is 26.3 Å². The molecule has 5 nitrogen and oxygen atoms in total. The van der Waals surface area contributed by atoms with Crippen LogP contribution in [0.25, 0.3) is 10.9 Å². The van der Waals surface area contributed by atoms with Crippen LogP contribution in [0, 0.1) is 5.82 Å². The van der Waals surface area contributed by atoms with Crippen molar-refractivity contribution in [3.63, 3.8) is 0 Å². The topological polar surface area (TPSA) is 43.7 Å². The van der Waals surface area contributed by atoms with E-state index in [0.717, 1.165) is 27.6 Å². The number of rotatable bonds is 8. The van der Waals surface area contributed by atoms with E-state index in [-0.39, 0.29) is 17.6 Å². The highest BCUT2D eigenvalue weighted by Crippen LogP contribution is 2.37. The van der Waals surface area contributed by atoms with Gasteiger partial charge in [-0.15, -0.1) is 0 Å². The summed E-state index contributed by atoms with van der Waals surface area (Å²) in [5.74, 6) is 0.998. The summed E-state index contributed by atoms with van der Waals surface area (Å²) in [6.07, 6.45) is 2.45. The van der Waals surface area contributed by atoms with E-state index in [1.165, 1.54) is 12.1 Å². The summed E-state index contributed by atoms with van der Waals surface area (Å²) < 4.78 is 27.4. The SMILES string of the molecule is O=C(C[C@@H](c1cccc(Oc2ccc(Cl)cc2)c1)c1cn(Cc2ccc(F)cc2)c2ccccc12)N1CCOCC1. The van der Waals surface area contributed by atoms with Crippen molar-refractivity contribution in [1.82, 2.24) is 9.47 Å². The number of carbonyl (C=O) groups excluding carboxylic acids is 1. The third-order valence-electron chi connectivity index (χ3n) is 7.51. The molecular weight excluding hydrogens is 539 g/mol. The average Bonchev–Trinajstić information content (AvgIpc) is 3.36. The molecule has 1 aliphatic rings. The molecule has 0 N–H and O–H groups in total. The molecule has 208 valence electrons. The van der Waals surface area contributed by atoms with Gasteiger partial charge in [0.1, 0.15) is 17.3 Å². The summed E-state index contributed by atoms with van der Waals surface area (Å²) >= 11 is 6.05. The molecule has 7 heteroatoms. The van der Waals surface area contributed by atoms with E-state index in [9.17, 15) is 9.18 Å². The maximum atomic E-state index is 13.6. The standard InChI is InChI=1S/C34H30ClFN2O3/c35-26-10-14-28(15-11-26)41-29-5-3-4-25(20-29)31(21-34(39)37-16-18-40-19-17-37)32-23-38(33-7-2-1-6-30(32)33)22-24-8-12-27(36)13-9-24/h1-15,20,23,31H,16-19,21-22H2/t31-/m0/s1. The Kier molecular flexibility index (Phi) is 8.03. The van der Waals surface area contributed by atoms with Gasteiger partial charge in [-0.1, -0.05) is 54.1 Å². The fourth-order valence-electron chi connectivity index (χ4n) is 5.43. The molecule has 1 atom stereocenters. The van der Waals surface area contributed by atoms with Crippen LogP contribution in [-0.2, 0) is 16.1 Å². The first-order chi connectivity index (χ1) is 20.0. The van der Waals surface area contributed by atoms with Crippen LogP contribution in [0.4, 0.5) is 4.39 Å². The molecule has 1 aliphatic heterocycles. The fraction of sp³-hybridized carbons (Fsp3) is 0.206. The highest BCUT2D eigenvalue weighted by Gasteiger charge is 2.26. The Morgan fingerprint density at radius 3 is 2.44 bits per heavy atom. The molecule has 5 aromatic rings. The summed E-state index contributed by atoms with van der Waals surface area (Å²) in [5.41, 5.74) is 4.11. The van der Waals surface area contributed by atoms with Gasteiger partial charge in [-0.05, 0) is 71.3 Å². The molecule has 4 aromatic carbocycles. The number of aromatic nitrogens is 1. The number of fused-ring (bicyclic) bond motifs is 1. The highest BCUT2D eigenvalue weighted by molar-refractivity contribution is 6.30. The molecule has 41 heavy (non-hydrogen) atoms. The zero-order valence-corrected chi connectivity index (χ0v) is 23.3. The normalized spacial score (nSPS) is 14.2. The fourth-order valence-corrected chi connectivity index (χ4v) is 5.55. The molecule has 1 aromatic heterocycles. The van der Waals surface area contributed by atoms with Gasteiger partial charge in [-0.2, -0.15) is 0 Å². The first-order valence-corrected chi connectivity index (χ1v) is 14.1. The lowest BCUT2D eigenvalue weighted by molar-refractivity contribution is -0.135. The molecule has 1 saturated heterocycles. The zero-order chi connectivity index (χ0) is 28.2. The number of halogens is 2. The molecule has 1 amide bonds. The van der Waals surface area contributed by atoms with Crippen LogP contribution >= 0.6 is 11.6 Å². The monoisotopic (exact) mass is 568 g/mol. The van der Waals surface area contributed by atoms with Gasteiger partial charge in [0.05, 0.1) is 13.2 Å². The van der Waals surface area contributed by atoms with E-state index in [1.54, 1.807) is 24.3 Å². The van der Waals surface area contributed by atoms with E-state index in [4.69, 9.17) is 21.1 Å². The van der Waals surface area contributed by atoms with Crippen LogP contribution in [0.1, 0.15) is 29.0 Å². The van der Waals surface area contributed by atoms with Crippen LogP contribution in [-0.4, -0.2) is 41.7 Å². The van der Waals surface area contributed by atoms with Gasteiger partial charge in [-0.3, -0.25) is 4.79 Å². The van der Waals surface area contributed by atoms with E-state index in [1.807, 2.05) is 47.4 Å². The number of carbonyl (C=O) groups is 1. The summed E-state index contributed by atoms with van der Waals surface area (Å²) in [5, 5.41) is 1.73. The Balaban J connectivity index is 1.39. The lowest BCUT2D eigenvalue weighted by atomic mass is 9.87. The largest absolute Gasteiger partial charge is 0.457 e. The number of morpholine rings is 1. The number of nitrogens with zero attached hydrogens (tertiary/aromatic N) is 2. The Bertz CT molecular complexity index is 1640. The quantitative estimate of drug-likeness (QED) is 0.193. The second-order valence-electron chi connectivity index (χ2n) is 10.2. The number of hydrogen-bond donors (Lipinski definition) is 0. The molecular formula is C34H30ClFN2O3. The van der Waals surface area contributed by atoms with Crippen molar-refractivity contribution >= 4 is 28.4 Å². The summed E-state index contributed by atoms with van der Waals surface area (Å²) in [7, 11) is 0. The van der Waals surface area contributed by atoms with Gasteiger partial charge in [-0.25, -0.2) is 4.39 Å². The van der Waals surface area contributed by atoms with Crippen molar-refractivity contribution in [2.24, 2.45) is 0 Å². The van der Waals surface area contributed by atoms with Crippen molar-refractivity contribution in [2.45, 2.75) is 18.9 Å². The minimum atomic E-state index is -0.255. The van der Waals surface area contributed by atoms with Gasteiger partial charge in [0.15, 0.2) is 0 Å². The second kappa shape index (κ2) is 12.2. The third-order valence-corrected chi connectivity index (χ3v) is 7.77. The van der Waals surface area contributed by atoms with Crippen molar-refractivity contribution in [3.8, 4) is 11.5 Å². The first-order valence-electron chi connectivity index (χ1n) is 13.7. The van der Waals surface area contributed by atoms with E-state index in [0.29, 0.717) is 55.8 Å². The molecule has 2 heterocycles. The molecule has 0 spiro atoms. The average molecular weight is 569 g/mol. The zero-order valence-electron chi connectivity index (χ0n) is 22.5. The first kappa shape index (κ1) is 27.1. The maximum Gasteiger partial charge on any atom is 0.223 e. The summed E-state index contributed by atoms with van der Waals surface area (Å²) in [6.45, 7) is 2.88.